The molecule has 0 aromatic rings. The molecular weight excluding hydrogens is 223 g/mol. The number of hydrogen-bond acceptors (Lipinski definition) is 2. The van der Waals surface area contributed by atoms with Gasteiger partial charge < -0.3 is 10.8 Å². The van der Waals surface area contributed by atoms with Crippen LogP contribution in [-0.2, 0) is 4.79 Å². The molecule has 0 radical (unpaired) electrons. The van der Waals surface area contributed by atoms with Crippen molar-refractivity contribution in [3.05, 3.63) is 0 Å². The summed E-state index contributed by atoms with van der Waals surface area (Å²) in [4.78, 5) is 10.7. The Kier molecular flexibility index (Phi) is 2.28. The van der Waals surface area contributed by atoms with Crippen LogP contribution in [0.4, 0.5) is 13.2 Å². The summed E-state index contributed by atoms with van der Waals surface area (Å²) in [5, 5.41) is 8.75. The summed E-state index contributed by atoms with van der Waals surface area (Å²) in [6.07, 6.45) is -3.13. The minimum Gasteiger partial charge on any atom is -0.480 e. The summed E-state index contributed by atoms with van der Waals surface area (Å²) in [6, 6.07) is -0.916. The molecule has 0 aliphatic heterocycles. The molecule has 3 rings (SSSR count). The van der Waals surface area contributed by atoms with Gasteiger partial charge in [0.2, 0.25) is 0 Å². The van der Waals surface area contributed by atoms with E-state index < -0.39 is 30.0 Å². The normalized spacial score (nSPS) is 38.5. The highest BCUT2D eigenvalue weighted by Gasteiger charge is 2.70. The topological polar surface area (TPSA) is 63.3 Å². The van der Waals surface area contributed by atoms with E-state index in [9.17, 15) is 18.0 Å². The van der Waals surface area contributed by atoms with E-state index >= 15 is 0 Å². The number of carbonyl (C=O) groups is 1. The van der Waals surface area contributed by atoms with Gasteiger partial charge >= 0.3 is 12.1 Å². The van der Waals surface area contributed by atoms with E-state index in [1.807, 2.05) is 0 Å². The molecule has 0 amide bonds. The van der Waals surface area contributed by atoms with Crippen LogP contribution in [0.15, 0.2) is 0 Å². The van der Waals surface area contributed by atoms with E-state index in [4.69, 9.17) is 10.8 Å². The van der Waals surface area contributed by atoms with Crippen LogP contribution in [0.5, 0.6) is 0 Å². The fourth-order valence-corrected chi connectivity index (χ4v) is 3.35. The zero-order valence-corrected chi connectivity index (χ0v) is 8.68. The van der Waals surface area contributed by atoms with Gasteiger partial charge in [0.25, 0.3) is 0 Å². The van der Waals surface area contributed by atoms with E-state index in [0.29, 0.717) is 19.3 Å². The number of aliphatic carboxylic acids is 1. The van der Waals surface area contributed by atoms with E-state index in [0.717, 1.165) is 0 Å². The highest BCUT2D eigenvalue weighted by atomic mass is 19.4. The molecule has 0 spiro atoms. The van der Waals surface area contributed by atoms with Crippen LogP contribution < -0.4 is 5.73 Å². The molecule has 92 valence electrons. The maximum Gasteiger partial charge on any atom is 0.389 e. The van der Waals surface area contributed by atoms with Crippen LogP contribution in [0, 0.1) is 10.8 Å². The molecule has 0 heterocycles. The number of halogens is 3. The molecule has 0 aromatic heterocycles. The molecule has 3 aliphatic rings. The molecule has 3 nitrogen and oxygen atoms in total. The van der Waals surface area contributed by atoms with E-state index in [2.05, 4.69) is 0 Å². The predicted octanol–water partition coefficient (Wildman–Crippen LogP) is 1.91. The third kappa shape index (κ3) is 1.69. The standard InChI is InChI=1S/C10H14F3NO2/c11-10(12,13)2-1-8-3-9(4-8,5-8)6(14)7(15)16/h6H,1-5,14H2,(H,15,16). The summed E-state index contributed by atoms with van der Waals surface area (Å²) in [5.74, 6) is -1.05. The van der Waals surface area contributed by atoms with E-state index in [1.165, 1.54) is 0 Å². The first-order valence-corrected chi connectivity index (χ1v) is 5.23. The molecule has 1 atom stereocenters. The van der Waals surface area contributed by atoms with Gasteiger partial charge in [0.05, 0.1) is 0 Å². The van der Waals surface area contributed by atoms with Crippen molar-refractivity contribution < 1.29 is 23.1 Å². The number of rotatable bonds is 4. The van der Waals surface area contributed by atoms with Crippen molar-refractivity contribution in [2.24, 2.45) is 16.6 Å². The van der Waals surface area contributed by atoms with Crippen molar-refractivity contribution in [2.75, 3.05) is 0 Å². The SMILES string of the molecule is NC(C(=O)O)C12CC(CCC(F)(F)F)(C1)C2. The molecule has 3 aliphatic carbocycles. The van der Waals surface area contributed by atoms with Crippen molar-refractivity contribution in [2.45, 2.75) is 44.3 Å². The van der Waals surface area contributed by atoms with Gasteiger partial charge in [-0.2, -0.15) is 13.2 Å². The Bertz CT molecular complexity index is 307. The first-order chi connectivity index (χ1) is 7.18. The van der Waals surface area contributed by atoms with Gasteiger partial charge in [0.1, 0.15) is 6.04 Å². The third-order valence-corrected chi connectivity index (χ3v) is 4.05. The van der Waals surface area contributed by atoms with Gasteiger partial charge in [-0.15, -0.1) is 0 Å². The summed E-state index contributed by atoms with van der Waals surface area (Å²) < 4.78 is 36.1. The van der Waals surface area contributed by atoms with Gasteiger partial charge in [-0.3, -0.25) is 4.79 Å². The van der Waals surface area contributed by atoms with Crippen LogP contribution >= 0.6 is 0 Å². The minimum atomic E-state index is -4.11. The third-order valence-electron chi connectivity index (χ3n) is 4.05. The summed E-state index contributed by atoms with van der Waals surface area (Å²) >= 11 is 0. The highest BCUT2D eigenvalue weighted by molar-refractivity contribution is 5.75. The molecule has 6 heteroatoms. The monoisotopic (exact) mass is 237 g/mol. The number of nitrogens with two attached hydrogens (primary N) is 1. The molecule has 3 fully saturated rings. The molecule has 2 bridgehead atoms. The van der Waals surface area contributed by atoms with Crippen molar-refractivity contribution in [3.63, 3.8) is 0 Å². The van der Waals surface area contributed by atoms with Crippen LogP contribution in [0.25, 0.3) is 0 Å². The van der Waals surface area contributed by atoms with Crippen LogP contribution in [0.3, 0.4) is 0 Å². The Labute approximate surface area is 90.8 Å². The number of alkyl halides is 3. The largest absolute Gasteiger partial charge is 0.480 e. The zero-order valence-electron chi connectivity index (χ0n) is 8.68. The molecule has 1 unspecified atom stereocenters. The molecule has 0 saturated heterocycles. The Hall–Kier alpha value is -0.780. The van der Waals surface area contributed by atoms with Crippen LogP contribution in [-0.4, -0.2) is 23.3 Å². The zero-order chi connectivity index (χ0) is 12.2. The fraction of sp³-hybridized carbons (Fsp3) is 0.900. The summed E-state index contributed by atoms with van der Waals surface area (Å²) in [6.45, 7) is 0. The molecule has 16 heavy (non-hydrogen) atoms. The quantitative estimate of drug-likeness (QED) is 0.785. The molecule has 0 aromatic carbocycles. The average molecular weight is 237 g/mol. The Morgan fingerprint density at radius 2 is 1.88 bits per heavy atom. The highest BCUT2D eigenvalue weighted by Crippen LogP contribution is 2.76. The van der Waals surface area contributed by atoms with Crippen molar-refractivity contribution in [3.8, 4) is 0 Å². The molecular formula is C10H14F3NO2. The van der Waals surface area contributed by atoms with Crippen molar-refractivity contribution >= 4 is 5.97 Å². The van der Waals surface area contributed by atoms with E-state index in [-0.39, 0.29) is 11.8 Å². The fourth-order valence-electron chi connectivity index (χ4n) is 3.35. The Balaban J connectivity index is 1.83. The second kappa shape index (κ2) is 3.12. The van der Waals surface area contributed by atoms with E-state index in [1.54, 1.807) is 0 Å². The lowest BCUT2D eigenvalue weighted by atomic mass is 9.32. The lowest BCUT2D eigenvalue weighted by Crippen LogP contribution is -2.70. The first-order valence-electron chi connectivity index (χ1n) is 5.23. The van der Waals surface area contributed by atoms with Crippen molar-refractivity contribution in [1.29, 1.82) is 0 Å². The maximum atomic E-state index is 12.0. The summed E-state index contributed by atoms with van der Waals surface area (Å²) in [7, 11) is 0. The lowest BCUT2D eigenvalue weighted by molar-refractivity contribution is -0.237. The van der Waals surface area contributed by atoms with Gasteiger partial charge in [0, 0.05) is 6.42 Å². The Morgan fingerprint density at radius 3 is 2.25 bits per heavy atom. The Morgan fingerprint density at radius 1 is 1.38 bits per heavy atom. The second-order valence-corrected chi connectivity index (χ2v) is 5.32. The second-order valence-electron chi connectivity index (χ2n) is 5.32. The molecule has 3 saturated carbocycles. The van der Waals surface area contributed by atoms with Crippen molar-refractivity contribution in [1.82, 2.24) is 0 Å². The smallest absolute Gasteiger partial charge is 0.389 e. The van der Waals surface area contributed by atoms with Crippen LogP contribution in [0.2, 0.25) is 0 Å². The lowest BCUT2D eigenvalue weighted by Gasteiger charge is -2.72. The summed E-state index contributed by atoms with van der Waals surface area (Å²) in [5.41, 5.74) is 4.85. The predicted molar refractivity (Wildman–Crippen MR) is 49.6 cm³/mol. The minimum absolute atomic E-state index is 0.116. The number of carboxylic acid groups (broad SMARTS) is 1. The first kappa shape index (κ1) is 11.7. The maximum absolute atomic E-state index is 12.0. The molecule has 3 N–H and O–H groups in total. The van der Waals surface area contributed by atoms with Gasteiger partial charge in [0.15, 0.2) is 0 Å². The van der Waals surface area contributed by atoms with Crippen LogP contribution in [0.1, 0.15) is 32.1 Å². The van der Waals surface area contributed by atoms with Gasteiger partial charge in [-0.25, -0.2) is 0 Å². The number of carboxylic acids is 1. The van der Waals surface area contributed by atoms with Gasteiger partial charge in [-0.05, 0) is 36.5 Å². The van der Waals surface area contributed by atoms with Gasteiger partial charge in [-0.1, -0.05) is 0 Å². The number of hydrogen-bond donors (Lipinski definition) is 2. The average Bonchev–Trinajstić information content (AvgIpc) is 1.96.